The van der Waals surface area contributed by atoms with Gasteiger partial charge in [0, 0.05) is 31.3 Å². The molecule has 1 unspecified atom stereocenters. The summed E-state index contributed by atoms with van der Waals surface area (Å²) in [5.41, 5.74) is 1.16. The minimum absolute atomic E-state index is 0.269. The lowest BCUT2D eigenvalue weighted by Gasteiger charge is -2.36. The number of ether oxygens (including phenoxy) is 2. The number of hydrogen-bond acceptors (Lipinski definition) is 8. The third kappa shape index (κ3) is 3.38. The van der Waals surface area contributed by atoms with Crippen LogP contribution in [0.15, 0.2) is 18.2 Å². The van der Waals surface area contributed by atoms with E-state index in [0.29, 0.717) is 5.92 Å². The van der Waals surface area contributed by atoms with Gasteiger partial charge >= 0.3 is 0 Å². The van der Waals surface area contributed by atoms with Crippen molar-refractivity contribution in [1.82, 2.24) is 29.0 Å². The van der Waals surface area contributed by atoms with Gasteiger partial charge in [-0.2, -0.15) is 4.37 Å². The largest absolute Gasteiger partial charge is 0.497 e. The molecule has 1 atom stereocenters. The Morgan fingerprint density at radius 2 is 2.00 bits per heavy atom. The molecule has 1 aromatic carbocycles. The van der Waals surface area contributed by atoms with Gasteiger partial charge < -0.3 is 14.0 Å². The summed E-state index contributed by atoms with van der Waals surface area (Å²) in [5.74, 6) is 4.97. The van der Waals surface area contributed by atoms with Gasteiger partial charge in [-0.05, 0) is 43.3 Å². The average Bonchev–Trinajstić information content (AvgIpc) is 3.34. The number of hydrogen-bond donors (Lipinski definition) is 0. The second-order valence-electron chi connectivity index (χ2n) is 7.61. The van der Waals surface area contributed by atoms with E-state index >= 15 is 0 Å². The van der Waals surface area contributed by atoms with Crippen molar-refractivity contribution in [3.05, 3.63) is 35.4 Å². The fraction of sp³-hybridized carbons (Fsp3) is 0.500. The van der Waals surface area contributed by atoms with Gasteiger partial charge in [0.25, 0.3) is 0 Å². The molecule has 0 saturated heterocycles. The summed E-state index contributed by atoms with van der Waals surface area (Å²) in [7, 11) is 3.38. The van der Waals surface area contributed by atoms with Crippen LogP contribution in [-0.4, -0.2) is 49.8 Å². The molecule has 9 heteroatoms. The standard InChI is InChI=1S/C20H24N6O2S/c1-12-21-20(29-24-12)19-23-22-18-17(13-4-5-13)25(8-9-26(18)19)11-14-6-7-15(27-2)10-16(14)28-3/h6-7,10,13,17H,4-5,8-9,11H2,1-3H3. The zero-order chi connectivity index (χ0) is 20.0. The molecular weight excluding hydrogens is 388 g/mol. The molecule has 8 nitrogen and oxygen atoms in total. The molecule has 0 amide bonds. The van der Waals surface area contributed by atoms with Crippen LogP contribution >= 0.6 is 11.5 Å². The van der Waals surface area contributed by atoms with Gasteiger partial charge in [-0.25, -0.2) is 4.98 Å². The Kier molecular flexibility index (Phi) is 4.71. The molecular formula is C20H24N6O2S. The van der Waals surface area contributed by atoms with Gasteiger partial charge in [0.2, 0.25) is 0 Å². The first-order chi connectivity index (χ1) is 14.2. The first kappa shape index (κ1) is 18.5. The number of methoxy groups -OCH3 is 2. The zero-order valence-corrected chi connectivity index (χ0v) is 17.6. The monoisotopic (exact) mass is 412 g/mol. The van der Waals surface area contributed by atoms with Crippen LogP contribution in [0.1, 0.15) is 36.1 Å². The molecule has 0 bridgehead atoms. The Morgan fingerprint density at radius 3 is 2.69 bits per heavy atom. The van der Waals surface area contributed by atoms with Gasteiger partial charge in [-0.1, -0.05) is 6.07 Å². The molecule has 0 N–H and O–H groups in total. The van der Waals surface area contributed by atoms with Gasteiger partial charge in [0.15, 0.2) is 16.7 Å². The van der Waals surface area contributed by atoms with Crippen molar-refractivity contribution in [2.45, 2.75) is 38.9 Å². The van der Waals surface area contributed by atoms with E-state index < -0.39 is 0 Å². The maximum Gasteiger partial charge on any atom is 0.194 e. The summed E-state index contributed by atoms with van der Waals surface area (Å²) in [4.78, 5) is 7.03. The first-order valence-electron chi connectivity index (χ1n) is 9.86. The number of rotatable bonds is 6. The Balaban J connectivity index is 1.46. The second kappa shape index (κ2) is 7.38. The van der Waals surface area contributed by atoms with Crippen LogP contribution in [0, 0.1) is 12.8 Å². The quantitative estimate of drug-likeness (QED) is 0.616. The lowest BCUT2D eigenvalue weighted by Crippen LogP contribution is -2.39. The third-order valence-corrected chi connectivity index (χ3v) is 6.51. The van der Waals surface area contributed by atoms with Crippen LogP contribution in [0.3, 0.4) is 0 Å². The number of aromatic nitrogens is 5. The maximum atomic E-state index is 5.62. The Hall–Kier alpha value is -2.52. The van der Waals surface area contributed by atoms with E-state index in [2.05, 4.69) is 35.1 Å². The molecule has 1 aliphatic heterocycles. The van der Waals surface area contributed by atoms with E-state index in [1.807, 2.05) is 19.1 Å². The van der Waals surface area contributed by atoms with Crippen LogP contribution in [0.5, 0.6) is 11.5 Å². The fourth-order valence-electron chi connectivity index (χ4n) is 4.13. The number of aryl methyl sites for hydroxylation is 1. The Bertz CT molecular complexity index is 1030. The predicted molar refractivity (Wildman–Crippen MR) is 109 cm³/mol. The van der Waals surface area contributed by atoms with E-state index in [1.165, 1.54) is 24.4 Å². The molecule has 5 rings (SSSR count). The van der Waals surface area contributed by atoms with E-state index in [-0.39, 0.29) is 6.04 Å². The van der Waals surface area contributed by atoms with Crippen LogP contribution in [-0.2, 0) is 13.1 Å². The van der Waals surface area contributed by atoms with Crippen molar-refractivity contribution >= 4 is 11.5 Å². The van der Waals surface area contributed by atoms with Crippen molar-refractivity contribution in [2.24, 2.45) is 5.92 Å². The van der Waals surface area contributed by atoms with Crippen molar-refractivity contribution in [1.29, 1.82) is 0 Å². The van der Waals surface area contributed by atoms with Crippen LogP contribution in [0.2, 0.25) is 0 Å². The smallest absolute Gasteiger partial charge is 0.194 e. The molecule has 1 saturated carbocycles. The van der Waals surface area contributed by atoms with Gasteiger partial charge in [0.05, 0.1) is 20.3 Å². The summed E-state index contributed by atoms with van der Waals surface area (Å²) in [5, 5.41) is 9.95. The molecule has 152 valence electrons. The Morgan fingerprint density at radius 1 is 1.14 bits per heavy atom. The van der Waals surface area contributed by atoms with E-state index in [1.54, 1.807) is 14.2 Å². The Labute approximate surface area is 173 Å². The molecule has 2 aromatic heterocycles. The summed E-state index contributed by atoms with van der Waals surface area (Å²) < 4.78 is 17.5. The highest BCUT2D eigenvalue weighted by atomic mass is 32.1. The lowest BCUT2D eigenvalue weighted by atomic mass is 10.1. The van der Waals surface area contributed by atoms with Gasteiger partial charge in [0.1, 0.15) is 17.3 Å². The third-order valence-electron chi connectivity index (χ3n) is 5.70. The van der Waals surface area contributed by atoms with Crippen molar-refractivity contribution in [3.63, 3.8) is 0 Å². The summed E-state index contributed by atoms with van der Waals surface area (Å²) in [6, 6.07) is 6.30. The highest BCUT2D eigenvalue weighted by molar-refractivity contribution is 7.09. The molecule has 0 spiro atoms. The van der Waals surface area contributed by atoms with E-state index in [0.717, 1.165) is 59.2 Å². The first-order valence-corrected chi connectivity index (χ1v) is 10.6. The highest BCUT2D eigenvalue weighted by Crippen LogP contribution is 2.47. The fourth-order valence-corrected chi connectivity index (χ4v) is 4.80. The average molecular weight is 413 g/mol. The summed E-state index contributed by atoms with van der Waals surface area (Å²) in [6.07, 6.45) is 2.47. The molecule has 1 aliphatic carbocycles. The SMILES string of the molecule is COc1ccc(CN2CCn3c(-c4nc(C)ns4)nnc3C2C2CC2)c(OC)c1. The van der Waals surface area contributed by atoms with E-state index in [4.69, 9.17) is 9.47 Å². The summed E-state index contributed by atoms with van der Waals surface area (Å²) >= 11 is 1.39. The molecule has 1 fully saturated rings. The highest BCUT2D eigenvalue weighted by Gasteiger charge is 2.42. The normalized spacial score (nSPS) is 19.2. The molecule has 3 aromatic rings. The molecule has 29 heavy (non-hydrogen) atoms. The molecule has 0 radical (unpaired) electrons. The van der Waals surface area contributed by atoms with Crippen molar-refractivity contribution in [2.75, 3.05) is 20.8 Å². The number of benzene rings is 1. The maximum absolute atomic E-state index is 5.62. The van der Waals surface area contributed by atoms with Gasteiger partial charge in [-0.3, -0.25) is 4.90 Å². The lowest BCUT2D eigenvalue weighted by molar-refractivity contribution is 0.125. The number of nitrogens with zero attached hydrogens (tertiary/aromatic N) is 6. The van der Waals surface area contributed by atoms with Crippen molar-refractivity contribution in [3.8, 4) is 22.3 Å². The molecule has 2 aliphatic rings. The molecule has 3 heterocycles. The van der Waals surface area contributed by atoms with Crippen LogP contribution in [0.25, 0.3) is 10.8 Å². The minimum Gasteiger partial charge on any atom is -0.497 e. The van der Waals surface area contributed by atoms with Gasteiger partial charge in [-0.15, -0.1) is 10.2 Å². The topological polar surface area (TPSA) is 78.2 Å². The van der Waals surface area contributed by atoms with Crippen molar-refractivity contribution < 1.29 is 9.47 Å². The second-order valence-corrected chi connectivity index (χ2v) is 8.36. The van der Waals surface area contributed by atoms with Crippen LogP contribution < -0.4 is 9.47 Å². The van der Waals surface area contributed by atoms with Crippen LogP contribution in [0.4, 0.5) is 0 Å². The summed E-state index contributed by atoms with van der Waals surface area (Å²) in [6.45, 7) is 4.50. The van der Waals surface area contributed by atoms with E-state index in [9.17, 15) is 0 Å². The number of fused-ring (bicyclic) bond motifs is 1. The minimum atomic E-state index is 0.269. The zero-order valence-electron chi connectivity index (χ0n) is 16.8. The predicted octanol–water partition coefficient (Wildman–Crippen LogP) is 3.09.